The van der Waals surface area contributed by atoms with Gasteiger partial charge in [0.2, 0.25) is 10.9 Å². The van der Waals surface area contributed by atoms with Gasteiger partial charge in [-0.3, -0.25) is 0 Å². The second-order valence-corrected chi connectivity index (χ2v) is 11.1. The number of benzene rings is 1. The van der Waals surface area contributed by atoms with Crippen molar-refractivity contribution in [2.75, 3.05) is 18.5 Å². The number of fused-ring (bicyclic) bond motifs is 3. The SMILES string of the molecule is CCOC(=O)c1nc(-c2cccc(NCC34CCC(c5nc(C6CC6)no5)(CC3)CC4)c2)cs1. The van der Waals surface area contributed by atoms with Gasteiger partial charge in [0.25, 0.3) is 0 Å². The number of hydrogen-bond acceptors (Lipinski definition) is 8. The fourth-order valence-electron chi connectivity index (χ4n) is 5.58. The Labute approximate surface area is 203 Å². The lowest BCUT2D eigenvalue weighted by Gasteiger charge is -2.52. The Morgan fingerprint density at radius 1 is 1.18 bits per heavy atom. The van der Waals surface area contributed by atoms with Gasteiger partial charge in [-0.1, -0.05) is 17.3 Å². The van der Waals surface area contributed by atoms with E-state index in [0.717, 1.165) is 54.5 Å². The molecule has 3 aromatic rings. The molecule has 7 rings (SSSR count). The van der Waals surface area contributed by atoms with Gasteiger partial charge in [0, 0.05) is 34.5 Å². The molecule has 0 spiro atoms. The molecular weight excluding hydrogens is 448 g/mol. The van der Waals surface area contributed by atoms with Gasteiger partial charge in [-0.05, 0) is 75.8 Å². The summed E-state index contributed by atoms with van der Waals surface area (Å²) in [6.45, 7) is 3.12. The number of rotatable bonds is 8. The molecule has 4 fully saturated rings. The first-order chi connectivity index (χ1) is 16.6. The number of nitrogens with zero attached hydrogens (tertiary/aromatic N) is 3. The fraction of sp³-hybridized carbons (Fsp3) is 0.538. The van der Waals surface area contributed by atoms with E-state index < -0.39 is 0 Å². The minimum atomic E-state index is -0.359. The number of anilines is 1. The Bertz CT molecular complexity index is 1170. The zero-order valence-corrected chi connectivity index (χ0v) is 20.3. The van der Waals surface area contributed by atoms with Crippen molar-refractivity contribution in [2.24, 2.45) is 5.41 Å². The van der Waals surface area contributed by atoms with E-state index in [4.69, 9.17) is 14.2 Å². The first kappa shape index (κ1) is 21.8. The van der Waals surface area contributed by atoms with Crippen LogP contribution in [0.1, 0.15) is 85.7 Å². The number of esters is 1. The molecule has 0 aliphatic heterocycles. The molecule has 0 unspecified atom stereocenters. The molecule has 34 heavy (non-hydrogen) atoms. The zero-order chi connectivity index (χ0) is 23.2. The summed E-state index contributed by atoms with van der Waals surface area (Å²) in [5.41, 5.74) is 3.33. The van der Waals surface area contributed by atoms with E-state index in [2.05, 4.69) is 27.6 Å². The quantitative estimate of drug-likeness (QED) is 0.400. The number of ether oxygens (including phenoxy) is 1. The van der Waals surface area contributed by atoms with Gasteiger partial charge in [0.15, 0.2) is 5.82 Å². The van der Waals surface area contributed by atoms with Crippen molar-refractivity contribution in [3.63, 3.8) is 0 Å². The van der Waals surface area contributed by atoms with Crippen molar-refractivity contribution in [1.82, 2.24) is 15.1 Å². The number of hydrogen-bond donors (Lipinski definition) is 1. The van der Waals surface area contributed by atoms with Gasteiger partial charge in [0.05, 0.1) is 12.3 Å². The maximum absolute atomic E-state index is 12.0. The first-order valence-corrected chi connectivity index (χ1v) is 13.3. The van der Waals surface area contributed by atoms with Crippen LogP contribution < -0.4 is 5.32 Å². The third-order valence-corrected chi connectivity index (χ3v) is 8.84. The molecule has 0 amide bonds. The molecule has 1 N–H and O–H groups in total. The molecule has 0 atom stereocenters. The van der Waals surface area contributed by atoms with Crippen LogP contribution in [0.25, 0.3) is 11.3 Å². The number of nitrogens with one attached hydrogen (secondary N) is 1. The number of carbonyl (C=O) groups excluding carboxylic acids is 1. The maximum Gasteiger partial charge on any atom is 0.367 e. The summed E-state index contributed by atoms with van der Waals surface area (Å²) in [6, 6.07) is 8.29. The van der Waals surface area contributed by atoms with E-state index in [0.29, 0.717) is 22.9 Å². The van der Waals surface area contributed by atoms with Crippen molar-refractivity contribution < 1.29 is 14.1 Å². The summed E-state index contributed by atoms with van der Waals surface area (Å²) < 4.78 is 10.8. The van der Waals surface area contributed by atoms with E-state index >= 15 is 0 Å². The number of carbonyl (C=O) groups is 1. The van der Waals surface area contributed by atoms with E-state index in [9.17, 15) is 4.79 Å². The Balaban J connectivity index is 1.10. The second-order valence-electron chi connectivity index (χ2n) is 10.2. The van der Waals surface area contributed by atoms with Crippen LogP contribution in [-0.2, 0) is 10.2 Å². The standard InChI is InChI=1S/C26H30N4O3S/c1-2-32-23(31)22-28-20(15-34-22)18-4-3-5-19(14-18)27-16-25-8-11-26(12-9-25,13-10-25)24-29-21(30-33-24)17-6-7-17/h3-5,14-15,17,27H,2,6-13,16H2,1H3. The molecule has 0 radical (unpaired) electrons. The molecule has 2 bridgehead atoms. The molecule has 4 aliphatic rings. The molecular formula is C26H30N4O3S. The average molecular weight is 479 g/mol. The topological polar surface area (TPSA) is 90.1 Å². The lowest BCUT2D eigenvalue weighted by Crippen LogP contribution is -2.47. The molecule has 178 valence electrons. The molecule has 1 aromatic carbocycles. The molecule has 2 aromatic heterocycles. The van der Waals surface area contributed by atoms with Crippen molar-refractivity contribution >= 4 is 23.0 Å². The van der Waals surface area contributed by atoms with E-state index in [1.54, 1.807) is 6.92 Å². The summed E-state index contributed by atoms with van der Waals surface area (Å²) in [6.07, 6.45) is 9.39. The van der Waals surface area contributed by atoms with Crippen molar-refractivity contribution in [2.45, 2.75) is 69.6 Å². The van der Waals surface area contributed by atoms with Crippen LogP contribution in [-0.4, -0.2) is 34.2 Å². The Hall–Kier alpha value is -2.74. The molecule has 4 saturated carbocycles. The van der Waals surface area contributed by atoms with Crippen molar-refractivity contribution in [1.29, 1.82) is 0 Å². The highest BCUT2D eigenvalue weighted by atomic mass is 32.1. The van der Waals surface area contributed by atoms with Crippen LogP contribution in [0.5, 0.6) is 0 Å². The van der Waals surface area contributed by atoms with Crippen LogP contribution in [0, 0.1) is 5.41 Å². The van der Waals surface area contributed by atoms with Crippen LogP contribution in [0.3, 0.4) is 0 Å². The minimum Gasteiger partial charge on any atom is -0.461 e. The summed E-state index contributed by atoms with van der Waals surface area (Å²) >= 11 is 1.32. The lowest BCUT2D eigenvalue weighted by molar-refractivity contribution is 0.0322. The van der Waals surface area contributed by atoms with Crippen molar-refractivity contribution in [3.05, 3.63) is 46.4 Å². The summed E-state index contributed by atoms with van der Waals surface area (Å²) in [4.78, 5) is 21.2. The normalized spacial score (nSPS) is 25.9. The Morgan fingerprint density at radius 2 is 1.97 bits per heavy atom. The monoisotopic (exact) mass is 478 g/mol. The number of thiazole rings is 1. The fourth-order valence-corrected chi connectivity index (χ4v) is 6.30. The van der Waals surface area contributed by atoms with Gasteiger partial charge in [-0.2, -0.15) is 4.98 Å². The third kappa shape index (κ3) is 4.02. The molecule has 4 aliphatic carbocycles. The first-order valence-electron chi connectivity index (χ1n) is 12.4. The van der Waals surface area contributed by atoms with Gasteiger partial charge in [-0.25, -0.2) is 9.78 Å². The Morgan fingerprint density at radius 3 is 2.71 bits per heavy atom. The zero-order valence-electron chi connectivity index (χ0n) is 19.5. The van der Waals surface area contributed by atoms with Crippen LogP contribution in [0.2, 0.25) is 0 Å². The van der Waals surface area contributed by atoms with Crippen LogP contribution >= 0.6 is 11.3 Å². The molecule has 2 heterocycles. The summed E-state index contributed by atoms with van der Waals surface area (Å²) in [7, 11) is 0. The van der Waals surface area contributed by atoms with E-state index in [-0.39, 0.29) is 11.4 Å². The number of aromatic nitrogens is 3. The lowest BCUT2D eigenvalue weighted by atomic mass is 9.53. The minimum absolute atomic E-state index is 0.100. The predicted molar refractivity (Wildman–Crippen MR) is 130 cm³/mol. The van der Waals surface area contributed by atoms with Crippen LogP contribution in [0.15, 0.2) is 34.2 Å². The predicted octanol–water partition coefficient (Wildman–Crippen LogP) is 5.95. The smallest absolute Gasteiger partial charge is 0.367 e. The summed E-state index contributed by atoms with van der Waals surface area (Å²) in [5.74, 6) is 2.01. The molecule has 0 saturated heterocycles. The highest BCUT2D eigenvalue weighted by Crippen LogP contribution is 2.57. The summed E-state index contributed by atoms with van der Waals surface area (Å²) in [5, 5.41) is 10.3. The molecule has 8 heteroatoms. The molecule has 7 nitrogen and oxygen atoms in total. The van der Waals surface area contributed by atoms with Gasteiger partial charge < -0.3 is 14.6 Å². The highest BCUT2D eigenvalue weighted by molar-refractivity contribution is 7.11. The third-order valence-electron chi connectivity index (χ3n) is 8.02. The Kier molecular flexibility index (Phi) is 5.43. The largest absolute Gasteiger partial charge is 0.461 e. The highest BCUT2D eigenvalue weighted by Gasteiger charge is 2.52. The van der Waals surface area contributed by atoms with E-state index in [1.807, 2.05) is 17.5 Å². The average Bonchev–Trinajstić information content (AvgIpc) is 3.39. The maximum atomic E-state index is 12.0. The van der Waals surface area contributed by atoms with Gasteiger partial charge in [-0.15, -0.1) is 11.3 Å². The van der Waals surface area contributed by atoms with E-state index in [1.165, 1.54) is 43.4 Å². The van der Waals surface area contributed by atoms with Gasteiger partial charge in [0.1, 0.15) is 0 Å². The second kappa shape index (κ2) is 8.48. The van der Waals surface area contributed by atoms with Crippen molar-refractivity contribution in [3.8, 4) is 11.3 Å². The van der Waals surface area contributed by atoms with Gasteiger partial charge >= 0.3 is 5.97 Å². The van der Waals surface area contributed by atoms with Crippen LogP contribution in [0.4, 0.5) is 5.69 Å².